The van der Waals surface area contributed by atoms with E-state index in [4.69, 9.17) is 4.52 Å². The highest BCUT2D eigenvalue weighted by Gasteiger charge is 2.29. The number of aromatic amines is 1. The fourth-order valence-corrected chi connectivity index (χ4v) is 1.75. The quantitative estimate of drug-likeness (QED) is 0.868. The Morgan fingerprint density at radius 3 is 3.11 bits per heavy atom. The second-order valence-electron chi connectivity index (χ2n) is 4.48. The third-order valence-electron chi connectivity index (χ3n) is 2.93. The Hall–Kier alpha value is -2.18. The Bertz CT molecular complexity index is 544. The highest BCUT2D eigenvalue weighted by atomic mass is 16.5. The van der Waals surface area contributed by atoms with Gasteiger partial charge in [-0.15, -0.1) is 0 Å². The van der Waals surface area contributed by atoms with Crippen molar-refractivity contribution in [2.75, 3.05) is 7.05 Å². The maximum Gasteiger partial charge on any atom is 0.276 e. The molecule has 1 saturated carbocycles. The Kier molecular flexibility index (Phi) is 2.58. The Balaban J connectivity index is 1.68. The van der Waals surface area contributed by atoms with Crippen LogP contribution in [0.2, 0.25) is 0 Å². The molecule has 94 valence electrons. The van der Waals surface area contributed by atoms with Gasteiger partial charge >= 0.3 is 0 Å². The van der Waals surface area contributed by atoms with Crippen LogP contribution in [0.25, 0.3) is 0 Å². The molecular weight excluding hydrogens is 234 g/mol. The maximum atomic E-state index is 12.1. The Morgan fingerprint density at radius 1 is 1.61 bits per heavy atom. The van der Waals surface area contributed by atoms with Gasteiger partial charge in [-0.2, -0.15) is 5.10 Å². The Labute approximate surface area is 103 Å². The number of carbonyl (C=O) groups excluding carboxylic acids is 1. The zero-order valence-corrected chi connectivity index (χ0v) is 9.96. The van der Waals surface area contributed by atoms with Crippen molar-refractivity contribution in [1.82, 2.24) is 25.2 Å². The molecule has 0 radical (unpaired) electrons. The van der Waals surface area contributed by atoms with E-state index < -0.39 is 0 Å². The third-order valence-corrected chi connectivity index (χ3v) is 2.93. The molecule has 0 spiro atoms. The van der Waals surface area contributed by atoms with Gasteiger partial charge in [0.15, 0.2) is 5.69 Å². The summed E-state index contributed by atoms with van der Waals surface area (Å²) in [7, 11) is 1.69. The molecule has 0 bridgehead atoms. The molecule has 1 aliphatic carbocycles. The fourth-order valence-electron chi connectivity index (χ4n) is 1.75. The van der Waals surface area contributed by atoms with Crippen LogP contribution in [-0.4, -0.2) is 38.2 Å². The summed E-state index contributed by atoms with van der Waals surface area (Å²) in [5.41, 5.74) is 0.346. The van der Waals surface area contributed by atoms with E-state index in [1.165, 1.54) is 11.2 Å². The summed E-state index contributed by atoms with van der Waals surface area (Å²) in [4.78, 5) is 17.6. The lowest BCUT2D eigenvalue weighted by molar-refractivity contribution is 0.0771. The number of carbonyl (C=O) groups is 1. The third kappa shape index (κ3) is 2.11. The van der Waals surface area contributed by atoms with E-state index in [0.717, 1.165) is 18.6 Å². The predicted octanol–water partition coefficient (Wildman–Crippen LogP) is 0.942. The summed E-state index contributed by atoms with van der Waals surface area (Å²) in [5.74, 6) is 1.73. The van der Waals surface area contributed by atoms with Gasteiger partial charge in [0.25, 0.3) is 5.91 Å². The van der Waals surface area contributed by atoms with Crippen molar-refractivity contribution in [3.05, 3.63) is 29.7 Å². The number of nitrogens with one attached hydrogen (secondary N) is 1. The molecule has 2 heterocycles. The van der Waals surface area contributed by atoms with E-state index >= 15 is 0 Å². The molecule has 3 rings (SSSR count). The predicted molar refractivity (Wildman–Crippen MR) is 60.7 cm³/mol. The normalized spacial score (nSPS) is 14.7. The minimum absolute atomic E-state index is 0.179. The van der Waals surface area contributed by atoms with Crippen molar-refractivity contribution >= 4 is 5.91 Å². The van der Waals surface area contributed by atoms with Crippen molar-refractivity contribution < 1.29 is 9.32 Å². The molecule has 0 aliphatic heterocycles. The van der Waals surface area contributed by atoms with Gasteiger partial charge in [0.2, 0.25) is 0 Å². The van der Waals surface area contributed by atoms with E-state index in [0.29, 0.717) is 24.0 Å². The molecule has 18 heavy (non-hydrogen) atoms. The zero-order valence-electron chi connectivity index (χ0n) is 9.96. The monoisotopic (exact) mass is 247 g/mol. The van der Waals surface area contributed by atoms with Crippen molar-refractivity contribution in [2.45, 2.75) is 25.3 Å². The van der Waals surface area contributed by atoms with Crippen LogP contribution < -0.4 is 0 Å². The summed E-state index contributed by atoms with van der Waals surface area (Å²) in [6.45, 7) is 0.366. The molecule has 1 N–H and O–H groups in total. The summed E-state index contributed by atoms with van der Waals surface area (Å²) < 4.78 is 5.16. The van der Waals surface area contributed by atoms with Gasteiger partial charge in [0.05, 0.1) is 6.54 Å². The highest BCUT2D eigenvalue weighted by molar-refractivity contribution is 5.92. The van der Waals surface area contributed by atoms with Crippen LogP contribution in [0, 0.1) is 0 Å². The molecule has 2 aromatic heterocycles. The van der Waals surface area contributed by atoms with E-state index in [2.05, 4.69) is 20.3 Å². The van der Waals surface area contributed by atoms with Crippen LogP contribution in [0.3, 0.4) is 0 Å². The first-order valence-electron chi connectivity index (χ1n) is 5.80. The van der Waals surface area contributed by atoms with Gasteiger partial charge in [-0.1, -0.05) is 5.16 Å². The maximum absolute atomic E-state index is 12.1. The SMILES string of the molecule is CN(Cc1ncn[nH]1)C(=O)c1cc(C2CC2)on1. The molecule has 0 aromatic carbocycles. The number of amides is 1. The average Bonchev–Trinajstić information content (AvgIpc) is 2.91. The molecule has 7 heteroatoms. The van der Waals surface area contributed by atoms with E-state index in [-0.39, 0.29) is 5.91 Å². The first kappa shape index (κ1) is 10.9. The molecule has 1 aliphatic rings. The van der Waals surface area contributed by atoms with Gasteiger partial charge in [-0.3, -0.25) is 9.89 Å². The number of hydrogen-bond acceptors (Lipinski definition) is 5. The van der Waals surface area contributed by atoms with Crippen molar-refractivity contribution in [2.24, 2.45) is 0 Å². The number of aromatic nitrogens is 4. The lowest BCUT2D eigenvalue weighted by atomic mass is 10.2. The number of nitrogens with zero attached hydrogens (tertiary/aromatic N) is 4. The van der Waals surface area contributed by atoms with E-state index in [1.807, 2.05) is 0 Å². The standard InChI is InChI=1S/C11H13N5O2/c1-16(5-10-12-6-13-14-10)11(17)8-4-9(18-15-8)7-2-3-7/h4,6-7H,2-3,5H2,1H3,(H,12,13,14). The number of rotatable bonds is 4. The molecule has 1 amide bonds. The first-order chi connectivity index (χ1) is 8.74. The van der Waals surface area contributed by atoms with Gasteiger partial charge in [-0.05, 0) is 12.8 Å². The van der Waals surface area contributed by atoms with Crippen molar-refractivity contribution in [1.29, 1.82) is 0 Å². The van der Waals surface area contributed by atoms with Crippen molar-refractivity contribution in [3.8, 4) is 0 Å². The fraction of sp³-hybridized carbons (Fsp3) is 0.455. The average molecular weight is 247 g/mol. The summed E-state index contributed by atoms with van der Waals surface area (Å²) in [6.07, 6.45) is 3.66. The molecule has 0 unspecified atom stereocenters. The lowest BCUT2D eigenvalue weighted by Crippen LogP contribution is -2.27. The van der Waals surface area contributed by atoms with Gasteiger partial charge in [0, 0.05) is 19.0 Å². The minimum atomic E-state index is -0.179. The number of H-pyrrole nitrogens is 1. The van der Waals surface area contributed by atoms with Crippen LogP contribution in [0.4, 0.5) is 0 Å². The highest BCUT2D eigenvalue weighted by Crippen LogP contribution is 2.40. The van der Waals surface area contributed by atoms with Crippen LogP contribution in [0.15, 0.2) is 16.9 Å². The lowest BCUT2D eigenvalue weighted by Gasteiger charge is -2.12. The number of hydrogen-bond donors (Lipinski definition) is 1. The molecule has 0 saturated heterocycles. The molecule has 7 nitrogen and oxygen atoms in total. The van der Waals surface area contributed by atoms with E-state index in [1.54, 1.807) is 13.1 Å². The summed E-state index contributed by atoms with van der Waals surface area (Å²) in [5, 5.41) is 10.3. The molecular formula is C11H13N5O2. The van der Waals surface area contributed by atoms with E-state index in [9.17, 15) is 4.79 Å². The molecule has 2 aromatic rings. The van der Waals surface area contributed by atoms with Crippen LogP contribution in [0.1, 0.15) is 40.8 Å². The zero-order chi connectivity index (χ0) is 12.5. The Morgan fingerprint density at radius 2 is 2.44 bits per heavy atom. The molecule has 0 atom stereocenters. The smallest absolute Gasteiger partial charge is 0.276 e. The minimum Gasteiger partial charge on any atom is -0.360 e. The van der Waals surface area contributed by atoms with Crippen molar-refractivity contribution in [3.63, 3.8) is 0 Å². The second kappa shape index (κ2) is 4.25. The topological polar surface area (TPSA) is 87.9 Å². The van der Waals surface area contributed by atoms with Gasteiger partial charge < -0.3 is 9.42 Å². The van der Waals surface area contributed by atoms with Gasteiger partial charge in [-0.25, -0.2) is 4.98 Å². The van der Waals surface area contributed by atoms with Crippen LogP contribution in [-0.2, 0) is 6.54 Å². The van der Waals surface area contributed by atoms with Gasteiger partial charge in [0.1, 0.15) is 17.9 Å². The first-order valence-corrected chi connectivity index (χ1v) is 5.80. The van der Waals surface area contributed by atoms with Crippen LogP contribution >= 0.6 is 0 Å². The second-order valence-corrected chi connectivity index (χ2v) is 4.48. The molecule has 1 fully saturated rings. The summed E-state index contributed by atoms with van der Waals surface area (Å²) >= 11 is 0. The summed E-state index contributed by atoms with van der Waals surface area (Å²) in [6, 6.07) is 1.73. The largest absolute Gasteiger partial charge is 0.360 e. The van der Waals surface area contributed by atoms with Crippen LogP contribution in [0.5, 0.6) is 0 Å².